The highest BCUT2D eigenvalue weighted by Crippen LogP contribution is 2.30. The Morgan fingerprint density at radius 3 is 2.67 bits per heavy atom. The normalized spacial score (nSPS) is 18.4. The van der Waals surface area contributed by atoms with E-state index in [9.17, 15) is 8.42 Å². The summed E-state index contributed by atoms with van der Waals surface area (Å²) in [5.41, 5.74) is 4.39. The molecule has 1 saturated carbocycles. The van der Waals surface area contributed by atoms with Crippen LogP contribution in [0.1, 0.15) is 56.2 Å². The molecule has 27 heavy (non-hydrogen) atoms. The van der Waals surface area contributed by atoms with Gasteiger partial charge in [0.05, 0.1) is 17.5 Å². The Morgan fingerprint density at radius 1 is 1.07 bits per heavy atom. The van der Waals surface area contributed by atoms with E-state index in [-0.39, 0.29) is 5.25 Å². The van der Waals surface area contributed by atoms with Crippen LogP contribution in [0.15, 0.2) is 24.4 Å². The molecule has 0 saturated heterocycles. The zero-order chi connectivity index (χ0) is 18.7. The summed E-state index contributed by atoms with van der Waals surface area (Å²) >= 11 is 0. The summed E-state index contributed by atoms with van der Waals surface area (Å²) in [5.74, 6) is 0. The largest absolute Gasteiger partial charge is 0.267 e. The lowest BCUT2D eigenvalue weighted by molar-refractivity contribution is 0.473. The van der Waals surface area contributed by atoms with Crippen LogP contribution in [0.5, 0.6) is 0 Å². The second-order valence-corrected chi connectivity index (χ2v) is 9.66. The van der Waals surface area contributed by atoms with Gasteiger partial charge in [0.15, 0.2) is 0 Å². The fourth-order valence-electron chi connectivity index (χ4n) is 4.35. The Morgan fingerprint density at radius 2 is 1.89 bits per heavy atom. The van der Waals surface area contributed by atoms with Gasteiger partial charge in [0.1, 0.15) is 5.69 Å². The van der Waals surface area contributed by atoms with Crippen LogP contribution in [0.25, 0.3) is 11.4 Å². The van der Waals surface area contributed by atoms with Gasteiger partial charge in [-0.05, 0) is 50.7 Å². The lowest BCUT2D eigenvalue weighted by atomic mass is 9.95. The van der Waals surface area contributed by atoms with Crippen molar-refractivity contribution in [2.45, 2.75) is 69.6 Å². The second-order valence-electron chi connectivity index (χ2n) is 7.62. The van der Waals surface area contributed by atoms with Gasteiger partial charge in [0.2, 0.25) is 10.0 Å². The van der Waals surface area contributed by atoms with Gasteiger partial charge in [-0.3, -0.25) is 9.67 Å². The molecule has 146 valence electrons. The molecule has 0 amide bonds. The molecular formula is C20H28N4O2S. The van der Waals surface area contributed by atoms with Crippen molar-refractivity contribution in [1.82, 2.24) is 19.5 Å². The first kappa shape index (κ1) is 18.6. The molecule has 2 aromatic heterocycles. The average molecular weight is 389 g/mol. The molecule has 7 heteroatoms. The van der Waals surface area contributed by atoms with Gasteiger partial charge < -0.3 is 0 Å². The monoisotopic (exact) mass is 388 g/mol. The van der Waals surface area contributed by atoms with Crippen LogP contribution in [0.2, 0.25) is 0 Å². The van der Waals surface area contributed by atoms with Crippen LogP contribution in [-0.2, 0) is 29.4 Å². The van der Waals surface area contributed by atoms with Crippen molar-refractivity contribution in [3.63, 3.8) is 0 Å². The standard InChI is InChI=1S/C20H28N4O2S/c25-27(26,16-8-2-1-3-9-16)22-14-15-24-19-12-5-4-10-17(19)20(23-24)18-11-6-7-13-21-18/h6-7,11,13,16,22H,1-5,8-10,12,14-15H2. The van der Waals surface area contributed by atoms with E-state index in [2.05, 4.69) is 9.71 Å². The van der Waals surface area contributed by atoms with E-state index in [0.29, 0.717) is 13.1 Å². The molecule has 1 N–H and O–H groups in total. The minimum absolute atomic E-state index is 0.220. The van der Waals surface area contributed by atoms with Crippen LogP contribution in [0.3, 0.4) is 0 Å². The number of hydrogen-bond acceptors (Lipinski definition) is 4. The Labute approximate surface area is 161 Å². The number of sulfonamides is 1. The number of fused-ring (bicyclic) bond motifs is 1. The number of aromatic nitrogens is 3. The summed E-state index contributed by atoms with van der Waals surface area (Å²) in [6.45, 7) is 0.968. The SMILES string of the molecule is O=S(=O)(NCCn1nc(-c2ccccn2)c2c1CCCC2)C1CCCCC1. The molecular weight excluding hydrogens is 360 g/mol. The zero-order valence-electron chi connectivity index (χ0n) is 15.7. The molecule has 6 nitrogen and oxygen atoms in total. The van der Waals surface area contributed by atoms with Gasteiger partial charge in [-0.25, -0.2) is 13.1 Å². The highest BCUT2D eigenvalue weighted by atomic mass is 32.2. The van der Waals surface area contributed by atoms with Crippen molar-refractivity contribution in [2.24, 2.45) is 0 Å². The maximum atomic E-state index is 12.5. The molecule has 0 unspecified atom stereocenters. The van der Waals surface area contributed by atoms with Crippen molar-refractivity contribution < 1.29 is 8.42 Å². The minimum atomic E-state index is -3.22. The van der Waals surface area contributed by atoms with E-state index in [1.807, 2.05) is 22.9 Å². The Kier molecular flexibility index (Phi) is 5.59. The third kappa shape index (κ3) is 4.09. The molecule has 1 fully saturated rings. The van der Waals surface area contributed by atoms with E-state index >= 15 is 0 Å². The molecule has 2 aliphatic rings. The molecule has 0 aromatic carbocycles. The summed E-state index contributed by atoms with van der Waals surface area (Å²) in [4.78, 5) is 4.46. The number of rotatable bonds is 6. The maximum Gasteiger partial charge on any atom is 0.214 e. The summed E-state index contributed by atoms with van der Waals surface area (Å²) in [6.07, 6.45) is 10.9. The van der Waals surface area contributed by atoms with E-state index in [1.165, 1.54) is 17.7 Å². The van der Waals surface area contributed by atoms with Crippen molar-refractivity contribution in [3.8, 4) is 11.4 Å². The number of nitrogens with zero attached hydrogens (tertiary/aromatic N) is 3. The Balaban J connectivity index is 1.48. The average Bonchev–Trinajstić information content (AvgIpc) is 3.08. The molecule has 2 aliphatic carbocycles. The highest BCUT2D eigenvalue weighted by molar-refractivity contribution is 7.90. The van der Waals surface area contributed by atoms with E-state index < -0.39 is 10.0 Å². The van der Waals surface area contributed by atoms with Crippen LogP contribution >= 0.6 is 0 Å². The van der Waals surface area contributed by atoms with Crippen molar-refractivity contribution in [3.05, 3.63) is 35.7 Å². The van der Waals surface area contributed by atoms with Gasteiger partial charge in [0, 0.05) is 24.0 Å². The Bertz CT molecular complexity index is 871. The summed E-state index contributed by atoms with van der Waals surface area (Å²) < 4.78 is 29.9. The lowest BCUT2D eigenvalue weighted by Gasteiger charge is -2.22. The first-order valence-corrected chi connectivity index (χ1v) is 11.7. The molecule has 2 aromatic rings. The molecule has 0 radical (unpaired) electrons. The van der Waals surface area contributed by atoms with Gasteiger partial charge in [-0.1, -0.05) is 25.3 Å². The second kappa shape index (κ2) is 8.10. The van der Waals surface area contributed by atoms with Crippen LogP contribution in [-0.4, -0.2) is 35.0 Å². The lowest BCUT2D eigenvalue weighted by Crippen LogP contribution is -2.37. The van der Waals surface area contributed by atoms with E-state index in [4.69, 9.17) is 5.10 Å². The van der Waals surface area contributed by atoms with Crippen LogP contribution in [0.4, 0.5) is 0 Å². The van der Waals surface area contributed by atoms with Gasteiger partial charge in [-0.2, -0.15) is 5.10 Å². The fourth-order valence-corrected chi connectivity index (χ4v) is 5.92. The number of nitrogens with one attached hydrogen (secondary N) is 1. The third-order valence-corrected chi connectivity index (χ3v) is 7.74. The van der Waals surface area contributed by atoms with Crippen molar-refractivity contribution in [1.29, 1.82) is 0 Å². The third-order valence-electron chi connectivity index (χ3n) is 5.78. The molecule has 2 heterocycles. The molecule has 4 rings (SSSR count). The first-order valence-electron chi connectivity index (χ1n) is 10.1. The number of pyridine rings is 1. The number of hydrogen-bond donors (Lipinski definition) is 1. The first-order chi connectivity index (χ1) is 13.1. The van der Waals surface area contributed by atoms with Gasteiger partial charge in [-0.15, -0.1) is 0 Å². The van der Waals surface area contributed by atoms with E-state index in [1.54, 1.807) is 6.20 Å². The van der Waals surface area contributed by atoms with Crippen molar-refractivity contribution in [2.75, 3.05) is 6.54 Å². The molecule has 0 aliphatic heterocycles. The quantitative estimate of drug-likeness (QED) is 0.825. The molecule has 0 bridgehead atoms. The van der Waals surface area contributed by atoms with Crippen LogP contribution in [0, 0.1) is 0 Å². The van der Waals surface area contributed by atoms with Crippen LogP contribution < -0.4 is 4.72 Å². The molecule has 0 atom stereocenters. The summed E-state index contributed by atoms with van der Waals surface area (Å²) in [6, 6.07) is 5.88. The predicted molar refractivity (Wildman–Crippen MR) is 106 cm³/mol. The summed E-state index contributed by atoms with van der Waals surface area (Å²) in [5, 5.41) is 4.59. The highest BCUT2D eigenvalue weighted by Gasteiger charge is 2.27. The van der Waals surface area contributed by atoms with Gasteiger partial charge >= 0.3 is 0 Å². The van der Waals surface area contributed by atoms with Gasteiger partial charge in [0.25, 0.3) is 0 Å². The maximum absolute atomic E-state index is 12.5. The summed E-state index contributed by atoms with van der Waals surface area (Å²) in [7, 11) is -3.22. The topological polar surface area (TPSA) is 76.9 Å². The van der Waals surface area contributed by atoms with E-state index in [0.717, 1.165) is 62.8 Å². The Hall–Kier alpha value is -1.73. The zero-order valence-corrected chi connectivity index (χ0v) is 16.5. The predicted octanol–water partition coefficient (Wildman–Crippen LogP) is 3.08. The fraction of sp³-hybridized carbons (Fsp3) is 0.600. The van der Waals surface area contributed by atoms with Crippen molar-refractivity contribution >= 4 is 10.0 Å². The smallest absolute Gasteiger partial charge is 0.214 e. The molecule has 0 spiro atoms. The minimum Gasteiger partial charge on any atom is -0.267 e.